The van der Waals surface area contributed by atoms with Crippen LogP contribution < -0.4 is 5.73 Å². The molecule has 5 nitrogen and oxygen atoms in total. The molecule has 0 atom stereocenters. The number of nitrogens with two attached hydrogens (primary N) is 1. The Kier molecular flexibility index (Phi) is 3.82. The molecule has 0 aliphatic heterocycles. The van der Waals surface area contributed by atoms with E-state index in [4.69, 9.17) is 5.73 Å². The number of halogens is 1. The maximum Gasteiger partial charge on any atom is 0.154 e. The minimum absolute atomic E-state index is 0.390. The third-order valence-corrected chi connectivity index (χ3v) is 2.94. The number of hydrogen-bond donors (Lipinski definition) is 1. The Morgan fingerprint density at radius 3 is 2.64 bits per heavy atom. The standard InChI is InChI=1S/C16H12FN5/c17-12-3-4-14(21-10-12)15-5-7-20-16(22-15)8-13(18)11-2-1-6-19-9-11/h1-10H,18H2/b13-8-. The Morgan fingerprint density at radius 1 is 1.00 bits per heavy atom. The number of hydrogen-bond acceptors (Lipinski definition) is 5. The molecule has 108 valence electrons. The summed E-state index contributed by atoms with van der Waals surface area (Å²) in [5.41, 5.74) is 8.48. The first-order valence-electron chi connectivity index (χ1n) is 6.55. The van der Waals surface area contributed by atoms with Crippen molar-refractivity contribution >= 4 is 11.8 Å². The Morgan fingerprint density at radius 2 is 1.91 bits per heavy atom. The Bertz CT molecular complexity index is 800. The number of pyridine rings is 2. The van der Waals surface area contributed by atoms with Gasteiger partial charge in [-0.05, 0) is 30.3 Å². The predicted octanol–water partition coefficient (Wildman–Crippen LogP) is 2.53. The average molecular weight is 293 g/mol. The van der Waals surface area contributed by atoms with Gasteiger partial charge in [0.15, 0.2) is 5.82 Å². The van der Waals surface area contributed by atoms with Gasteiger partial charge in [-0.3, -0.25) is 9.97 Å². The van der Waals surface area contributed by atoms with Crippen molar-refractivity contribution in [2.75, 3.05) is 0 Å². The van der Waals surface area contributed by atoms with Crippen LogP contribution in [0.3, 0.4) is 0 Å². The lowest BCUT2D eigenvalue weighted by atomic mass is 10.2. The Hall–Kier alpha value is -3.15. The van der Waals surface area contributed by atoms with E-state index in [1.165, 1.54) is 6.07 Å². The highest BCUT2D eigenvalue weighted by Gasteiger charge is 2.04. The summed E-state index contributed by atoms with van der Waals surface area (Å²) in [6, 6.07) is 8.26. The van der Waals surface area contributed by atoms with E-state index in [1.807, 2.05) is 6.07 Å². The van der Waals surface area contributed by atoms with Crippen molar-refractivity contribution in [3.8, 4) is 11.4 Å². The van der Waals surface area contributed by atoms with Crippen LogP contribution in [0.5, 0.6) is 0 Å². The van der Waals surface area contributed by atoms with Crippen LogP contribution in [0.2, 0.25) is 0 Å². The summed E-state index contributed by atoms with van der Waals surface area (Å²) < 4.78 is 12.9. The molecule has 6 heteroatoms. The molecule has 0 unspecified atom stereocenters. The normalized spacial score (nSPS) is 11.4. The van der Waals surface area contributed by atoms with Gasteiger partial charge in [0.1, 0.15) is 5.82 Å². The fourth-order valence-corrected chi connectivity index (χ4v) is 1.87. The number of aromatic nitrogens is 4. The molecule has 0 aromatic carbocycles. The summed E-state index contributed by atoms with van der Waals surface area (Å²) in [4.78, 5) is 16.5. The van der Waals surface area contributed by atoms with Crippen molar-refractivity contribution in [3.05, 3.63) is 72.3 Å². The molecule has 0 bridgehead atoms. The molecular weight excluding hydrogens is 281 g/mol. The molecule has 0 aliphatic carbocycles. The van der Waals surface area contributed by atoms with Crippen LogP contribution in [0.15, 0.2) is 55.1 Å². The molecule has 0 amide bonds. The van der Waals surface area contributed by atoms with Crippen LogP contribution in [-0.4, -0.2) is 19.9 Å². The second-order valence-electron chi connectivity index (χ2n) is 4.50. The maximum atomic E-state index is 12.9. The lowest BCUT2D eigenvalue weighted by Crippen LogP contribution is -1.99. The summed E-state index contributed by atoms with van der Waals surface area (Å²) >= 11 is 0. The summed E-state index contributed by atoms with van der Waals surface area (Å²) in [6.45, 7) is 0. The predicted molar refractivity (Wildman–Crippen MR) is 81.5 cm³/mol. The van der Waals surface area contributed by atoms with Crippen molar-refractivity contribution in [2.24, 2.45) is 5.73 Å². The molecule has 3 heterocycles. The van der Waals surface area contributed by atoms with E-state index in [0.29, 0.717) is 22.9 Å². The molecule has 3 aromatic heterocycles. The van der Waals surface area contributed by atoms with Crippen molar-refractivity contribution < 1.29 is 4.39 Å². The van der Waals surface area contributed by atoms with E-state index in [2.05, 4.69) is 19.9 Å². The first-order chi connectivity index (χ1) is 10.7. The van der Waals surface area contributed by atoms with Crippen LogP contribution in [0.4, 0.5) is 4.39 Å². The SMILES string of the molecule is N/C(=C\c1nccc(-c2ccc(F)cn2)n1)c1cccnc1. The van der Waals surface area contributed by atoms with Gasteiger partial charge in [0, 0.05) is 35.9 Å². The molecule has 0 saturated carbocycles. The third kappa shape index (κ3) is 3.12. The van der Waals surface area contributed by atoms with Gasteiger partial charge in [0.25, 0.3) is 0 Å². The quantitative estimate of drug-likeness (QED) is 0.803. The van der Waals surface area contributed by atoms with Gasteiger partial charge in [-0.2, -0.15) is 0 Å². The first kappa shape index (κ1) is 13.8. The molecule has 3 rings (SSSR count). The molecule has 0 saturated heterocycles. The third-order valence-electron chi connectivity index (χ3n) is 2.94. The van der Waals surface area contributed by atoms with Crippen LogP contribution in [0.25, 0.3) is 23.2 Å². The van der Waals surface area contributed by atoms with Crippen LogP contribution in [0.1, 0.15) is 11.4 Å². The van der Waals surface area contributed by atoms with Gasteiger partial charge >= 0.3 is 0 Å². The summed E-state index contributed by atoms with van der Waals surface area (Å²) in [7, 11) is 0. The van der Waals surface area contributed by atoms with Crippen molar-refractivity contribution in [3.63, 3.8) is 0 Å². The summed E-state index contributed by atoms with van der Waals surface area (Å²) in [5.74, 6) is 0.0590. The second-order valence-corrected chi connectivity index (χ2v) is 4.50. The molecule has 22 heavy (non-hydrogen) atoms. The smallest absolute Gasteiger partial charge is 0.154 e. The van der Waals surface area contributed by atoms with Gasteiger partial charge in [-0.25, -0.2) is 14.4 Å². The highest BCUT2D eigenvalue weighted by Crippen LogP contribution is 2.15. The van der Waals surface area contributed by atoms with Crippen molar-refractivity contribution in [2.45, 2.75) is 0 Å². The largest absolute Gasteiger partial charge is 0.398 e. The highest BCUT2D eigenvalue weighted by molar-refractivity contribution is 5.77. The lowest BCUT2D eigenvalue weighted by Gasteiger charge is -2.03. The fourth-order valence-electron chi connectivity index (χ4n) is 1.87. The molecular formula is C16H12FN5. The van der Waals surface area contributed by atoms with E-state index in [1.54, 1.807) is 42.9 Å². The summed E-state index contributed by atoms with van der Waals surface area (Å²) in [6.07, 6.45) is 7.75. The second kappa shape index (κ2) is 6.09. The molecule has 0 spiro atoms. The van der Waals surface area contributed by atoms with Gasteiger partial charge in [-0.15, -0.1) is 0 Å². The zero-order chi connectivity index (χ0) is 15.4. The Balaban J connectivity index is 1.93. The topological polar surface area (TPSA) is 77.6 Å². The van der Waals surface area contributed by atoms with Gasteiger partial charge in [0.2, 0.25) is 0 Å². The average Bonchev–Trinajstić information content (AvgIpc) is 2.56. The highest BCUT2D eigenvalue weighted by atomic mass is 19.1. The first-order valence-corrected chi connectivity index (χ1v) is 6.55. The minimum Gasteiger partial charge on any atom is -0.398 e. The zero-order valence-electron chi connectivity index (χ0n) is 11.5. The monoisotopic (exact) mass is 293 g/mol. The molecule has 0 radical (unpaired) electrons. The zero-order valence-corrected chi connectivity index (χ0v) is 11.5. The van der Waals surface area contributed by atoms with E-state index in [9.17, 15) is 4.39 Å². The lowest BCUT2D eigenvalue weighted by molar-refractivity contribution is 0.622. The van der Waals surface area contributed by atoms with Crippen LogP contribution in [0, 0.1) is 5.82 Å². The summed E-state index contributed by atoms with van der Waals surface area (Å²) in [5, 5.41) is 0. The maximum absolute atomic E-state index is 12.9. The van der Waals surface area contributed by atoms with Crippen LogP contribution in [-0.2, 0) is 0 Å². The number of rotatable bonds is 3. The molecule has 0 fully saturated rings. The Labute approximate surface area is 126 Å². The van der Waals surface area contributed by atoms with E-state index in [0.717, 1.165) is 11.8 Å². The van der Waals surface area contributed by atoms with Crippen LogP contribution >= 0.6 is 0 Å². The number of nitrogens with zero attached hydrogens (tertiary/aromatic N) is 4. The minimum atomic E-state index is -0.390. The van der Waals surface area contributed by atoms with Gasteiger partial charge in [0.05, 0.1) is 17.6 Å². The van der Waals surface area contributed by atoms with Gasteiger partial charge in [-0.1, -0.05) is 0 Å². The van der Waals surface area contributed by atoms with E-state index in [-0.39, 0.29) is 0 Å². The van der Waals surface area contributed by atoms with Gasteiger partial charge < -0.3 is 5.73 Å². The van der Waals surface area contributed by atoms with Crippen molar-refractivity contribution in [1.82, 2.24) is 19.9 Å². The van der Waals surface area contributed by atoms with E-state index < -0.39 is 5.82 Å². The molecule has 0 aliphatic rings. The van der Waals surface area contributed by atoms with Crippen molar-refractivity contribution in [1.29, 1.82) is 0 Å². The fraction of sp³-hybridized carbons (Fsp3) is 0. The molecule has 2 N–H and O–H groups in total. The molecule has 3 aromatic rings. The van der Waals surface area contributed by atoms with E-state index >= 15 is 0 Å².